The molecule has 0 unspecified atom stereocenters. The molecule has 0 aromatic carbocycles. The number of hydrogen-bond acceptors (Lipinski definition) is 5. The van der Waals surface area contributed by atoms with Gasteiger partial charge in [0.05, 0.1) is 13.2 Å². The zero-order chi connectivity index (χ0) is 20.8. The van der Waals surface area contributed by atoms with E-state index >= 15 is 0 Å². The lowest BCUT2D eigenvalue weighted by atomic mass is 10.5. The molecule has 0 heterocycles. The second-order valence-electron chi connectivity index (χ2n) is 7.05. The molecule has 0 rings (SSSR count). The van der Waals surface area contributed by atoms with Gasteiger partial charge < -0.3 is 14.1 Å². The third kappa shape index (κ3) is 9.53. The number of carbonyl (C=O) groups is 2. The van der Waals surface area contributed by atoms with Crippen LogP contribution in [0.25, 0.3) is 0 Å². The van der Waals surface area contributed by atoms with Crippen molar-refractivity contribution in [3.8, 4) is 0 Å². The van der Waals surface area contributed by atoms with Gasteiger partial charge in [-0.15, -0.1) is 0 Å². The third-order valence-corrected chi connectivity index (χ3v) is 17.9. The van der Waals surface area contributed by atoms with Gasteiger partial charge in [-0.25, -0.2) is 9.59 Å². The van der Waals surface area contributed by atoms with Gasteiger partial charge in [-0.3, -0.25) is 0 Å². The fourth-order valence-electron chi connectivity index (χ4n) is 3.53. The van der Waals surface area contributed by atoms with Crippen molar-refractivity contribution in [2.24, 2.45) is 0 Å². The molecular formula is C20H39NO4Si2. The van der Waals surface area contributed by atoms with Gasteiger partial charge in [0.1, 0.15) is 16.5 Å². The number of carbonyl (C=O) groups excluding carboxylic acids is 2. The van der Waals surface area contributed by atoms with Crippen molar-refractivity contribution in [2.75, 3.05) is 13.2 Å². The maximum atomic E-state index is 11.2. The summed E-state index contributed by atoms with van der Waals surface area (Å²) < 4.78 is 14.6. The van der Waals surface area contributed by atoms with Gasteiger partial charge >= 0.3 is 11.9 Å². The van der Waals surface area contributed by atoms with Crippen LogP contribution in [-0.2, 0) is 19.1 Å². The zero-order valence-corrected chi connectivity index (χ0v) is 19.8. The maximum Gasteiger partial charge on any atom is 0.330 e. The van der Waals surface area contributed by atoms with Gasteiger partial charge in [-0.05, 0) is 49.1 Å². The van der Waals surface area contributed by atoms with Crippen LogP contribution in [0.4, 0.5) is 0 Å². The largest absolute Gasteiger partial charge is 0.463 e. The number of ether oxygens (including phenoxy) is 2. The Bertz CT molecular complexity index is 433. The predicted molar refractivity (Wildman–Crippen MR) is 118 cm³/mol. The summed E-state index contributed by atoms with van der Waals surface area (Å²) >= 11 is 0. The Hall–Kier alpha value is -1.19. The quantitative estimate of drug-likeness (QED) is 0.171. The lowest BCUT2D eigenvalue weighted by molar-refractivity contribution is -0.138. The topological polar surface area (TPSA) is 64.6 Å². The minimum absolute atomic E-state index is 0.344. The van der Waals surface area contributed by atoms with Crippen molar-refractivity contribution in [2.45, 2.75) is 76.8 Å². The van der Waals surface area contributed by atoms with E-state index in [1.165, 1.54) is 36.3 Å². The molecule has 0 radical (unpaired) electrons. The van der Waals surface area contributed by atoms with Crippen molar-refractivity contribution in [1.82, 2.24) is 4.65 Å². The summed E-state index contributed by atoms with van der Waals surface area (Å²) in [6.45, 7) is 16.9. The molecule has 1 N–H and O–H groups in total. The molecule has 0 aliphatic carbocycles. The molecule has 5 nitrogen and oxygen atoms in total. The second-order valence-corrected chi connectivity index (χ2v) is 17.0. The zero-order valence-electron chi connectivity index (χ0n) is 17.8. The second kappa shape index (κ2) is 13.9. The van der Waals surface area contributed by atoms with Crippen LogP contribution in [-0.4, -0.2) is 41.6 Å². The predicted octanol–water partition coefficient (Wildman–Crippen LogP) is 4.79. The summed E-state index contributed by atoms with van der Waals surface area (Å²) in [4.78, 5) is 22.5. The van der Waals surface area contributed by atoms with Gasteiger partial charge in [-0.2, -0.15) is 0 Å². The van der Waals surface area contributed by atoms with Crippen molar-refractivity contribution < 1.29 is 19.1 Å². The minimum atomic E-state index is -1.62. The molecule has 0 amide bonds. The summed E-state index contributed by atoms with van der Waals surface area (Å²) in [5, 5.41) is 0. The van der Waals surface area contributed by atoms with Crippen LogP contribution in [0, 0.1) is 0 Å². The molecule has 0 saturated heterocycles. The first-order chi connectivity index (χ1) is 12.9. The Morgan fingerprint density at radius 2 is 1.11 bits per heavy atom. The standard InChI is InChI=1S/C20H39NO4Si2/c1-7-19(22)24-15-13-17-26(9-3,10-4)21-27(11-5,12-6)18-14-16-25-20(23)8-2/h7-8,21H,1-2,9-18H2,3-6H3. The number of esters is 2. The van der Waals surface area contributed by atoms with Crippen molar-refractivity contribution >= 4 is 28.4 Å². The molecule has 0 bridgehead atoms. The van der Waals surface area contributed by atoms with E-state index in [-0.39, 0.29) is 11.9 Å². The third-order valence-electron chi connectivity index (χ3n) is 5.66. The van der Waals surface area contributed by atoms with E-state index in [1.807, 2.05) is 0 Å². The molecule has 0 atom stereocenters. The van der Waals surface area contributed by atoms with E-state index < -0.39 is 16.5 Å². The van der Waals surface area contributed by atoms with E-state index in [9.17, 15) is 9.59 Å². The fraction of sp³-hybridized carbons (Fsp3) is 0.700. The Morgan fingerprint density at radius 3 is 1.37 bits per heavy atom. The maximum absolute atomic E-state index is 11.2. The molecule has 156 valence electrons. The first-order valence-electron chi connectivity index (χ1n) is 10.2. The molecule has 0 spiro atoms. The molecule has 0 fully saturated rings. The molecule has 0 saturated carbocycles. The number of hydrogen-bond donors (Lipinski definition) is 1. The monoisotopic (exact) mass is 413 g/mol. The highest BCUT2D eigenvalue weighted by molar-refractivity contribution is 6.93. The molecule has 7 heteroatoms. The van der Waals surface area contributed by atoms with Crippen LogP contribution in [0.1, 0.15) is 40.5 Å². The molecule has 0 aliphatic rings. The van der Waals surface area contributed by atoms with Gasteiger partial charge in [0.25, 0.3) is 0 Å². The highest BCUT2D eigenvalue weighted by Crippen LogP contribution is 2.28. The molecule has 27 heavy (non-hydrogen) atoms. The highest BCUT2D eigenvalue weighted by Gasteiger charge is 2.39. The first kappa shape index (κ1) is 25.8. The number of rotatable bonds is 16. The van der Waals surface area contributed by atoms with Crippen molar-refractivity contribution in [1.29, 1.82) is 0 Å². The summed E-state index contributed by atoms with van der Waals surface area (Å²) in [5.41, 5.74) is 0. The SMILES string of the molecule is C=CC(=O)OCCC[Si](CC)(CC)N[Si](CC)(CC)CCCOC(=O)C=C. The van der Waals surface area contributed by atoms with Crippen LogP contribution in [0.3, 0.4) is 0 Å². The van der Waals surface area contributed by atoms with E-state index in [0.717, 1.165) is 24.9 Å². The van der Waals surface area contributed by atoms with Crippen molar-refractivity contribution in [3.63, 3.8) is 0 Å². The van der Waals surface area contributed by atoms with Crippen LogP contribution in [0.5, 0.6) is 0 Å². The average molecular weight is 414 g/mol. The molecular weight excluding hydrogens is 374 g/mol. The highest BCUT2D eigenvalue weighted by atomic mass is 28.4. The van der Waals surface area contributed by atoms with Crippen LogP contribution >= 0.6 is 0 Å². The summed E-state index contributed by atoms with van der Waals surface area (Å²) in [5.74, 6) is -0.689. The lowest BCUT2D eigenvalue weighted by Gasteiger charge is -2.42. The minimum Gasteiger partial charge on any atom is -0.463 e. The molecule has 0 aromatic heterocycles. The smallest absolute Gasteiger partial charge is 0.330 e. The Kier molecular flexibility index (Phi) is 13.3. The van der Waals surface area contributed by atoms with Crippen LogP contribution in [0.2, 0.25) is 36.3 Å². The number of nitrogens with one attached hydrogen (secondary N) is 1. The van der Waals surface area contributed by atoms with Crippen molar-refractivity contribution in [3.05, 3.63) is 25.3 Å². The summed E-state index contributed by atoms with van der Waals surface area (Å²) in [6.07, 6.45) is 4.23. The van der Waals surface area contributed by atoms with E-state index in [0.29, 0.717) is 13.2 Å². The van der Waals surface area contributed by atoms with Gasteiger partial charge in [0.15, 0.2) is 0 Å². The van der Waals surface area contributed by atoms with Crippen LogP contribution < -0.4 is 4.65 Å². The van der Waals surface area contributed by atoms with Gasteiger partial charge in [0.2, 0.25) is 0 Å². The molecule has 0 aromatic rings. The van der Waals surface area contributed by atoms with Crippen LogP contribution in [0.15, 0.2) is 25.3 Å². The normalized spacial score (nSPS) is 11.7. The van der Waals surface area contributed by atoms with E-state index in [2.05, 4.69) is 45.5 Å². The Labute approximate surface area is 167 Å². The fourth-order valence-corrected chi connectivity index (χ4v) is 15.9. The van der Waals surface area contributed by atoms with E-state index in [1.54, 1.807) is 0 Å². The molecule has 0 aliphatic heterocycles. The average Bonchev–Trinajstić information content (AvgIpc) is 2.71. The van der Waals surface area contributed by atoms with Gasteiger partial charge in [0, 0.05) is 12.2 Å². The first-order valence-corrected chi connectivity index (χ1v) is 15.5. The lowest BCUT2D eigenvalue weighted by Crippen LogP contribution is -2.64. The summed E-state index contributed by atoms with van der Waals surface area (Å²) in [7, 11) is -3.24. The summed E-state index contributed by atoms with van der Waals surface area (Å²) in [6, 6.07) is 6.95. The Morgan fingerprint density at radius 1 is 0.778 bits per heavy atom. The van der Waals surface area contributed by atoms with E-state index in [4.69, 9.17) is 9.47 Å². The Balaban J connectivity index is 4.86. The van der Waals surface area contributed by atoms with Gasteiger partial charge in [-0.1, -0.05) is 40.9 Å².